The highest BCUT2D eigenvalue weighted by molar-refractivity contribution is 5.77. The number of hydrogen-bond acceptors (Lipinski definition) is 5. The lowest BCUT2D eigenvalue weighted by Gasteiger charge is -2.31. The van der Waals surface area contributed by atoms with Crippen molar-refractivity contribution in [3.8, 4) is 5.75 Å². The van der Waals surface area contributed by atoms with Gasteiger partial charge in [-0.3, -0.25) is 9.89 Å². The number of carbonyl (C=O) groups is 1. The summed E-state index contributed by atoms with van der Waals surface area (Å²) in [4.78, 5) is 20.2. The van der Waals surface area contributed by atoms with Crippen molar-refractivity contribution in [2.24, 2.45) is 0 Å². The summed E-state index contributed by atoms with van der Waals surface area (Å²) in [6.45, 7) is 0.778. The summed E-state index contributed by atoms with van der Waals surface area (Å²) in [5, 5.41) is 7.08. The van der Waals surface area contributed by atoms with Gasteiger partial charge in [-0.2, -0.15) is 18.2 Å². The van der Waals surface area contributed by atoms with E-state index in [2.05, 4.69) is 15.2 Å². The third kappa shape index (κ3) is 4.73. The molecule has 0 bridgehead atoms. The monoisotopic (exact) mass is 397 g/mol. The van der Waals surface area contributed by atoms with Gasteiger partial charge in [0, 0.05) is 33.1 Å². The van der Waals surface area contributed by atoms with Gasteiger partial charge in [0.15, 0.2) is 6.61 Å². The summed E-state index contributed by atoms with van der Waals surface area (Å²) in [5.41, 5.74) is -0.803. The number of amides is 1. The molecule has 0 atom stereocenters. The molecule has 1 N–H and O–H groups in total. The number of benzene rings is 1. The summed E-state index contributed by atoms with van der Waals surface area (Å²) in [7, 11) is 3.72. The number of nitrogens with zero attached hydrogens (tertiary/aromatic N) is 4. The molecular weight excluding hydrogens is 375 g/mol. The van der Waals surface area contributed by atoms with Gasteiger partial charge in [0.05, 0.1) is 5.56 Å². The molecule has 1 fully saturated rings. The number of likely N-dealkylation sites (tertiary alicyclic amines) is 1. The number of H-pyrrole nitrogens is 1. The molecule has 1 aliphatic rings. The smallest absolute Gasteiger partial charge is 0.416 e. The van der Waals surface area contributed by atoms with Crippen LogP contribution in [0.2, 0.25) is 0 Å². The zero-order valence-corrected chi connectivity index (χ0v) is 15.7. The number of rotatable bonds is 5. The molecule has 1 aromatic carbocycles. The topological polar surface area (TPSA) is 74.4 Å². The molecule has 10 heteroatoms. The minimum absolute atomic E-state index is 0.0240. The Morgan fingerprint density at radius 3 is 2.64 bits per heavy atom. The largest absolute Gasteiger partial charge is 0.484 e. The number of anilines is 1. The summed E-state index contributed by atoms with van der Waals surface area (Å²) < 4.78 is 43.5. The maximum absolute atomic E-state index is 12.7. The van der Waals surface area contributed by atoms with Gasteiger partial charge in [-0.25, -0.2) is 0 Å². The molecule has 1 aliphatic heterocycles. The van der Waals surface area contributed by atoms with Gasteiger partial charge in [0.1, 0.15) is 11.6 Å². The van der Waals surface area contributed by atoms with Gasteiger partial charge in [-0.15, -0.1) is 5.10 Å². The van der Waals surface area contributed by atoms with Crippen molar-refractivity contribution in [3.05, 3.63) is 35.7 Å². The van der Waals surface area contributed by atoms with E-state index in [-0.39, 0.29) is 24.2 Å². The first-order valence-corrected chi connectivity index (χ1v) is 8.91. The summed E-state index contributed by atoms with van der Waals surface area (Å²) >= 11 is 0. The lowest BCUT2D eigenvalue weighted by atomic mass is 9.96. The third-order valence-corrected chi connectivity index (χ3v) is 4.65. The number of halogens is 3. The van der Waals surface area contributed by atoms with Crippen molar-refractivity contribution in [2.75, 3.05) is 38.7 Å². The van der Waals surface area contributed by atoms with E-state index in [1.807, 2.05) is 19.0 Å². The van der Waals surface area contributed by atoms with Crippen LogP contribution in [0, 0.1) is 0 Å². The SMILES string of the molecule is CN(C)c1n[nH]c(C2CCN(C(=O)COc3cccc(C(F)(F)F)c3)CC2)n1. The highest BCUT2D eigenvalue weighted by atomic mass is 19.4. The normalized spacial score (nSPS) is 15.5. The third-order valence-electron chi connectivity index (χ3n) is 4.65. The highest BCUT2D eigenvalue weighted by Crippen LogP contribution is 2.31. The van der Waals surface area contributed by atoms with Gasteiger partial charge in [0.25, 0.3) is 5.91 Å². The highest BCUT2D eigenvalue weighted by Gasteiger charge is 2.31. The van der Waals surface area contributed by atoms with Gasteiger partial charge < -0.3 is 14.5 Å². The molecule has 1 aromatic heterocycles. The number of nitrogens with one attached hydrogen (secondary N) is 1. The van der Waals surface area contributed by atoms with Gasteiger partial charge in [-0.05, 0) is 31.0 Å². The number of ether oxygens (including phenoxy) is 1. The number of piperidine rings is 1. The maximum atomic E-state index is 12.7. The van der Waals surface area contributed by atoms with Crippen LogP contribution in [0.25, 0.3) is 0 Å². The van der Waals surface area contributed by atoms with Crippen molar-refractivity contribution in [2.45, 2.75) is 24.9 Å². The van der Waals surface area contributed by atoms with Crippen molar-refractivity contribution in [1.82, 2.24) is 20.1 Å². The molecule has 3 rings (SSSR count). The number of alkyl halides is 3. The van der Waals surface area contributed by atoms with E-state index in [4.69, 9.17) is 4.74 Å². The van der Waals surface area contributed by atoms with E-state index >= 15 is 0 Å². The van der Waals surface area contributed by atoms with Crippen LogP contribution in [-0.4, -0.2) is 59.8 Å². The van der Waals surface area contributed by atoms with Gasteiger partial charge >= 0.3 is 6.18 Å². The Morgan fingerprint density at radius 2 is 2.04 bits per heavy atom. The molecule has 1 amide bonds. The fraction of sp³-hybridized carbons (Fsp3) is 0.500. The fourth-order valence-corrected chi connectivity index (χ4v) is 3.05. The van der Waals surface area contributed by atoms with Gasteiger partial charge in [0.2, 0.25) is 5.95 Å². The van der Waals surface area contributed by atoms with E-state index in [0.717, 1.165) is 30.8 Å². The average molecular weight is 397 g/mol. The molecule has 7 nitrogen and oxygen atoms in total. The Kier molecular flexibility index (Phi) is 5.76. The second-order valence-corrected chi connectivity index (χ2v) is 6.88. The minimum atomic E-state index is -4.45. The van der Waals surface area contributed by atoms with Crippen LogP contribution in [0.5, 0.6) is 5.75 Å². The summed E-state index contributed by atoms with van der Waals surface area (Å²) in [5.74, 6) is 1.38. The van der Waals surface area contributed by atoms with E-state index in [1.54, 1.807) is 4.90 Å². The fourth-order valence-electron chi connectivity index (χ4n) is 3.05. The number of carbonyl (C=O) groups excluding carboxylic acids is 1. The van der Waals surface area contributed by atoms with Crippen LogP contribution < -0.4 is 9.64 Å². The average Bonchev–Trinajstić information content (AvgIpc) is 3.16. The number of aromatic amines is 1. The van der Waals surface area contributed by atoms with Crippen LogP contribution in [-0.2, 0) is 11.0 Å². The molecule has 0 radical (unpaired) electrons. The summed E-state index contributed by atoms with van der Waals surface area (Å²) in [6, 6.07) is 4.52. The van der Waals surface area contributed by atoms with Crippen LogP contribution in [0.15, 0.2) is 24.3 Å². The number of aromatic nitrogens is 3. The molecule has 0 aliphatic carbocycles. The van der Waals surface area contributed by atoms with E-state index in [9.17, 15) is 18.0 Å². The van der Waals surface area contributed by atoms with Crippen molar-refractivity contribution < 1.29 is 22.7 Å². The molecule has 152 valence electrons. The van der Waals surface area contributed by atoms with E-state index in [1.165, 1.54) is 12.1 Å². The Balaban J connectivity index is 1.50. The molecular formula is C18H22F3N5O2. The second kappa shape index (κ2) is 8.07. The van der Waals surface area contributed by atoms with Crippen LogP contribution in [0.1, 0.15) is 30.1 Å². The van der Waals surface area contributed by atoms with Crippen LogP contribution >= 0.6 is 0 Å². The van der Waals surface area contributed by atoms with Crippen LogP contribution in [0.3, 0.4) is 0 Å². The Morgan fingerprint density at radius 1 is 1.32 bits per heavy atom. The molecule has 0 saturated carbocycles. The predicted molar refractivity (Wildman–Crippen MR) is 96.2 cm³/mol. The first kappa shape index (κ1) is 20.0. The lowest BCUT2D eigenvalue weighted by molar-refractivity contribution is -0.137. The zero-order chi connectivity index (χ0) is 20.3. The predicted octanol–water partition coefficient (Wildman–Crippen LogP) is 2.67. The van der Waals surface area contributed by atoms with E-state index < -0.39 is 11.7 Å². The Labute approximate surface area is 160 Å². The maximum Gasteiger partial charge on any atom is 0.416 e. The number of hydrogen-bond donors (Lipinski definition) is 1. The van der Waals surface area contributed by atoms with E-state index in [0.29, 0.717) is 19.0 Å². The minimum Gasteiger partial charge on any atom is -0.484 e. The summed E-state index contributed by atoms with van der Waals surface area (Å²) in [6.07, 6.45) is -2.98. The molecule has 0 spiro atoms. The zero-order valence-electron chi connectivity index (χ0n) is 15.7. The molecule has 1 saturated heterocycles. The van der Waals surface area contributed by atoms with Crippen molar-refractivity contribution in [1.29, 1.82) is 0 Å². The first-order chi connectivity index (χ1) is 13.2. The standard InChI is InChI=1S/C18H22F3N5O2/c1-25(2)17-22-16(23-24-17)12-6-8-26(9-7-12)15(27)11-28-14-5-3-4-13(10-14)18(19,20)21/h3-5,10,12H,6-9,11H2,1-2H3,(H,22,23,24). The van der Waals surface area contributed by atoms with Crippen molar-refractivity contribution in [3.63, 3.8) is 0 Å². The molecule has 28 heavy (non-hydrogen) atoms. The molecule has 2 aromatic rings. The Bertz CT molecular complexity index is 814. The van der Waals surface area contributed by atoms with Gasteiger partial charge in [-0.1, -0.05) is 6.07 Å². The molecule has 0 unspecified atom stereocenters. The first-order valence-electron chi connectivity index (χ1n) is 8.91. The van der Waals surface area contributed by atoms with Crippen molar-refractivity contribution >= 4 is 11.9 Å². The quantitative estimate of drug-likeness (QED) is 0.840. The molecule has 2 heterocycles. The lowest BCUT2D eigenvalue weighted by Crippen LogP contribution is -2.40. The van der Waals surface area contributed by atoms with Crippen LogP contribution in [0.4, 0.5) is 19.1 Å². The Hall–Kier alpha value is -2.78. The second-order valence-electron chi connectivity index (χ2n) is 6.88.